The summed E-state index contributed by atoms with van der Waals surface area (Å²) in [6.07, 6.45) is -6.94. The van der Waals surface area contributed by atoms with E-state index in [4.69, 9.17) is 37.9 Å². The lowest BCUT2D eigenvalue weighted by Gasteiger charge is -2.36. The Morgan fingerprint density at radius 2 is 1.70 bits per heavy atom. The number of rotatable bonds is 16. The molecule has 0 bridgehead atoms. The lowest BCUT2D eigenvalue weighted by atomic mass is 10.0. The maximum Gasteiger partial charge on any atom is 0.352 e. The summed E-state index contributed by atoms with van der Waals surface area (Å²) in [5.74, 6) is -3.67. The van der Waals surface area contributed by atoms with Crippen LogP contribution in [0.3, 0.4) is 0 Å². The standard InChI is InChI=1S/C30H39NO15/c1-6-40-23-10-18-9-21(29(36)37)31-20(18)13-24(23)45-26(28(44-17(4)35)22(7-8-32)43-16(3)34)14-41-27-12-19(42-15(2)33)11-25(46-27)30(38)39-5/h9-10,13,19,22,25-28,31-32H,6-8,11-12,14H2,1-5H3,(H,36,37). The Bertz CT molecular complexity index is 1390. The van der Waals surface area contributed by atoms with E-state index < -0.39 is 79.9 Å². The first kappa shape index (κ1) is 36.1. The van der Waals surface area contributed by atoms with Crippen LogP contribution in [0.4, 0.5) is 0 Å². The number of carboxylic acids is 1. The molecule has 0 saturated carbocycles. The average molecular weight is 654 g/mol. The Balaban J connectivity index is 2.04. The first-order valence-corrected chi connectivity index (χ1v) is 14.5. The quantitative estimate of drug-likeness (QED) is 0.174. The van der Waals surface area contributed by atoms with Crippen LogP contribution in [-0.2, 0) is 47.6 Å². The van der Waals surface area contributed by atoms with Crippen LogP contribution in [-0.4, -0.2) is 109 Å². The lowest BCUT2D eigenvalue weighted by Crippen LogP contribution is -2.50. The van der Waals surface area contributed by atoms with Gasteiger partial charge in [0.15, 0.2) is 36.1 Å². The minimum Gasteiger partial charge on any atom is -0.490 e. The molecule has 0 spiro atoms. The number of carbonyl (C=O) groups is 5. The van der Waals surface area contributed by atoms with Gasteiger partial charge in [-0.15, -0.1) is 0 Å². The highest BCUT2D eigenvalue weighted by Crippen LogP contribution is 2.35. The first-order valence-electron chi connectivity index (χ1n) is 14.5. The molecule has 3 N–H and O–H groups in total. The number of hydrogen-bond acceptors (Lipinski definition) is 14. The summed E-state index contributed by atoms with van der Waals surface area (Å²) in [7, 11) is 1.18. The lowest BCUT2D eigenvalue weighted by molar-refractivity contribution is -0.237. The molecular formula is C30H39NO15. The van der Waals surface area contributed by atoms with E-state index >= 15 is 0 Å². The highest BCUT2D eigenvalue weighted by atomic mass is 16.7. The van der Waals surface area contributed by atoms with Gasteiger partial charge in [0.25, 0.3) is 0 Å². The number of benzene rings is 1. The monoisotopic (exact) mass is 653 g/mol. The maximum absolute atomic E-state index is 12.3. The molecule has 1 aliphatic heterocycles. The van der Waals surface area contributed by atoms with Crippen LogP contribution in [0.2, 0.25) is 0 Å². The van der Waals surface area contributed by atoms with Crippen molar-refractivity contribution in [1.29, 1.82) is 0 Å². The molecule has 6 atom stereocenters. The molecule has 0 amide bonds. The largest absolute Gasteiger partial charge is 0.490 e. The van der Waals surface area contributed by atoms with E-state index in [0.29, 0.717) is 10.9 Å². The van der Waals surface area contributed by atoms with Gasteiger partial charge in [-0.05, 0) is 19.1 Å². The molecule has 16 heteroatoms. The van der Waals surface area contributed by atoms with Crippen molar-refractivity contribution in [3.63, 3.8) is 0 Å². The molecule has 1 aromatic heterocycles. The molecule has 254 valence electrons. The van der Waals surface area contributed by atoms with Crippen molar-refractivity contribution in [3.8, 4) is 11.5 Å². The number of aromatic carboxylic acids is 1. The van der Waals surface area contributed by atoms with Gasteiger partial charge in [0, 0.05) is 58.1 Å². The van der Waals surface area contributed by atoms with Crippen molar-refractivity contribution in [2.45, 2.75) is 83.8 Å². The second-order valence-electron chi connectivity index (χ2n) is 10.3. The minimum atomic E-state index is -1.36. The van der Waals surface area contributed by atoms with Crippen molar-refractivity contribution in [3.05, 3.63) is 23.9 Å². The van der Waals surface area contributed by atoms with Crippen LogP contribution in [0.15, 0.2) is 18.2 Å². The first-order chi connectivity index (χ1) is 21.8. The fourth-order valence-corrected chi connectivity index (χ4v) is 4.96. The van der Waals surface area contributed by atoms with E-state index in [9.17, 15) is 34.2 Å². The zero-order valence-electron chi connectivity index (χ0n) is 26.1. The Kier molecular flexibility index (Phi) is 13.1. The molecule has 0 aliphatic carbocycles. The molecule has 2 aromatic rings. The van der Waals surface area contributed by atoms with E-state index in [-0.39, 0.29) is 43.1 Å². The van der Waals surface area contributed by atoms with Crippen molar-refractivity contribution >= 4 is 40.7 Å². The summed E-state index contributed by atoms with van der Waals surface area (Å²) >= 11 is 0. The average Bonchev–Trinajstić information content (AvgIpc) is 3.40. The number of ether oxygens (including phenoxy) is 8. The number of hydrogen-bond donors (Lipinski definition) is 3. The molecule has 1 aliphatic rings. The molecule has 16 nitrogen and oxygen atoms in total. The van der Waals surface area contributed by atoms with Crippen molar-refractivity contribution < 1.29 is 72.1 Å². The fourth-order valence-electron chi connectivity index (χ4n) is 4.96. The number of nitrogens with one attached hydrogen (secondary N) is 1. The Labute approximate surface area is 264 Å². The highest BCUT2D eigenvalue weighted by molar-refractivity contribution is 5.94. The number of aliphatic hydroxyl groups is 1. The predicted molar refractivity (Wildman–Crippen MR) is 155 cm³/mol. The molecule has 0 radical (unpaired) electrons. The van der Waals surface area contributed by atoms with Crippen LogP contribution < -0.4 is 9.47 Å². The smallest absolute Gasteiger partial charge is 0.352 e. The highest BCUT2D eigenvalue weighted by Gasteiger charge is 2.40. The molecule has 1 aromatic carbocycles. The van der Waals surface area contributed by atoms with Crippen LogP contribution in [0.5, 0.6) is 11.5 Å². The zero-order chi connectivity index (χ0) is 34.0. The van der Waals surface area contributed by atoms with Crippen LogP contribution in [0.1, 0.15) is 57.4 Å². The molecule has 6 unspecified atom stereocenters. The van der Waals surface area contributed by atoms with Crippen molar-refractivity contribution in [1.82, 2.24) is 4.98 Å². The minimum absolute atomic E-state index is 0.0264. The number of methoxy groups -OCH3 is 1. The van der Waals surface area contributed by atoms with Gasteiger partial charge < -0.3 is 53.1 Å². The number of aromatic nitrogens is 1. The number of fused-ring (bicyclic) bond motifs is 1. The number of carboxylic acid groups (broad SMARTS) is 1. The Morgan fingerprint density at radius 3 is 2.28 bits per heavy atom. The topological polar surface area (TPSA) is 215 Å². The molecule has 46 heavy (non-hydrogen) atoms. The Morgan fingerprint density at radius 1 is 0.978 bits per heavy atom. The summed E-state index contributed by atoms with van der Waals surface area (Å²) in [5.41, 5.74) is 0.300. The van der Waals surface area contributed by atoms with Gasteiger partial charge in [-0.1, -0.05) is 0 Å². The van der Waals surface area contributed by atoms with E-state index in [2.05, 4.69) is 4.98 Å². The molecule has 3 rings (SSSR count). The normalized spacial score (nSPS) is 19.7. The van der Waals surface area contributed by atoms with Crippen LogP contribution in [0, 0.1) is 0 Å². The number of aromatic amines is 1. The predicted octanol–water partition coefficient (Wildman–Crippen LogP) is 1.88. The van der Waals surface area contributed by atoms with Gasteiger partial charge in [0.2, 0.25) is 0 Å². The molecule has 1 fully saturated rings. The summed E-state index contributed by atoms with van der Waals surface area (Å²) in [4.78, 5) is 62.6. The summed E-state index contributed by atoms with van der Waals surface area (Å²) in [6, 6.07) is 4.46. The van der Waals surface area contributed by atoms with Gasteiger partial charge >= 0.3 is 29.8 Å². The summed E-state index contributed by atoms with van der Waals surface area (Å²) < 4.78 is 44.9. The van der Waals surface area contributed by atoms with Crippen molar-refractivity contribution in [2.24, 2.45) is 0 Å². The van der Waals surface area contributed by atoms with Gasteiger partial charge in [-0.25, -0.2) is 9.59 Å². The Hall–Kier alpha value is -4.41. The number of carbonyl (C=O) groups excluding carboxylic acids is 4. The third-order valence-corrected chi connectivity index (χ3v) is 6.75. The van der Waals surface area contributed by atoms with E-state index in [1.165, 1.54) is 26.2 Å². The van der Waals surface area contributed by atoms with E-state index in [1.54, 1.807) is 13.0 Å². The van der Waals surface area contributed by atoms with Gasteiger partial charge in [-0.3, -0.25) is 14.4 Å². The molecular weight excluding hydrogens is 614 g/mol. The molecule has 2 heterocycles. The maximum atomic E-state index is 12.3. The molecule has 1 saturated heterocycles. The van der Waals surface area contributed by atoms with Gasteiger partial charge in [-0.2, -0.15) is 0 Å². The van der Waals surface area contributed by atoms with Gasteiger partial charge in [0.1, 0.15) is 17.9 Å². The number of aliphatic hydroxyl groups excluding tert-OH is 1. The number of H-pyrrole nitrogens is 1. The van der Waals surface area contributed by atoms with E-state index in [1.807, 2.05) is 0 Å². The summed E-state index contributed by atoms with van der Waals surface area (Å²) in [6.45, 7) is 4.57. The van der Waals surface area contributed by atoms with E-state index in [0.717, 1.165) is 13.8 Å². The van der Waals surface area contributed by atoms with Crippen molar-refractivity contribution in [2.75, 3.05) is 26.9 Å². The third kappa shape index (κ3) is 10.1. The van der Waals surface area contributed by atoms with Crippen LogP contribution in [0.25, 0.3) is 10.9 Å². The fraction of sp³-hybridized carbons (Fsp3) is 0.567. The van der Waals surface area contributed by atoms with Crippen LogP contribution >= 0.6 is 0 Å². The summed E-state index contributed by atoms with van der Waals surface area (Å²) in [5, 5.41) is 19.7. The SMILES string of the molecule is CCOc1cc2cc(C(=O)O)[nH]c2cc1OC(COC1CC(OC(C)=O)CC(C(=O)OC)O1)C(OC(C)=O)C(CCO)OC(C)=O. The second kappa shape index (κ2) is 16.8. The third-order valence-electron chi connectivity index (χ3n) is 6.75. The number of esters is 4. The van der Waals surface area contributed by atoms with Gasteiger partial charge in [0.05, 0.1) is 25.8 Å². The zero-order valence-corrected chi connectivity index (χ0v) is 26.1. The second-order valence-corrected chi connectivity index (χ2v) is 10.3.